The van der Waals surface area contributed by atoms with Crippen molar-refractivity contribution in [3.05, 3.63) is 78.1 Å². The van der Waals surface area contributed by atoms with E-state index in [-0.39, 0.29) is 11.7 Å². The van der Waals surface area contributed by atoms with E-state index in [1.165, 1.54) is 12.1 Å². The van der Waals surface area contributed by atoms with Gasteiger partial charge < -0.3 is 5.32 Å². The smallest absolute Gasteiger partial charge is 0.252 e. The third-order valence-electron chi connectivity index (χ3n) is 4.09. The summed E-state index contributed by atoms with van der Waals surface area (Å²) in [5.74, 6) is -0.556. The largest absolute Gasteiger partial charge is 0.346 e. The molecule has 0 saturated heterocycles. The maximum atomic E-state index is 13.2. The van der Waals surface area contributed by atoms with Gasteiger partial charge in [-0.15, -0.1) is 0 Å². The SMILES string of the molecule is C=Cc1c(/C(=C\C)C(=O)NCc2ccn(C)n2)cnn1-c1ccc(F)cc1. The molecule has 7 heteroatoms. The van der Waals surface area contributed by atoms with Crippen LogP contribution in [0.15, 0.2) is 55.4 Å². The molecule has 0 radical (unpaired) electrons. The van der Waals surface area contributed by atoms with Gasteiger partial charge in [-0.2, -0.15) is 10.2 Å². The molecular weight excluding hydrogens is 345 g/mol. The number of benzene rings is 1. The number of halogens is 1. The number of aryl methyl sites for hydroxylation is 1. The first-order valence-electron chi connectivity index (χ1n) is 8.43. The average Bonchev–Trinajstić information content (AvgIpc) is 3.27. The van der Waals surface area contributed by atoms with Crippen molar-refractivity contribution in [2.75, 3.05) is 0 Å². The number of amides is 1. The highest BCUT2D eigenvalue weighted by Crippen LogP contribution is 2.23. The Balaban J connectivity index is 1.85. The maximum absolute atomic E-state index is 13.2. The van der Waals surface area contributed by atoms with Gasteiger partial charge in [-0.25, -0.2) is 9.07 Å². The van der Waals surface area contributed by atoms with Gasteiger partial charge in [0.2, 0.25) is 0 Å². The highest BCUT2D eigenvalue weighted by Gasteiger charge is 2.18. The van der Waals surface area contributed by atoms with Crippen LogP contribution < -0.4 is 5.32 Å². The summed E-state index contributed by atoms with van der Waals surface area (Å²) in [6.45, 7) is 5.95. The molecule has 3 rings (SSSR count). The van der Waals surface area contributed by atoms with Gasteiger partial charge in [0.15, 0.2) is 0 Å². The van der Waals surface area contributed by atoms with Gasteiger partial charge in [0.25, 0.3) is 5.91 Å². The van der Waals surface area contributed by atoms with Crippen LogP contribution in [-0.4, -0.2) is 25.5 Å². The van der Waals surface area contributed by atoms with Crippen molar-refractivity contribution < 1.29 is 9.18 Å². The monoisotopic (exact) mass is 365 g/mol. The van der Waals surface area contributed by atoms with Crippen LogP contribution in [0.3, 0.4) is 0 Å². The average molecular weight is 365 g/mol. The molecule has 1 N–H and O–H groups in total. The summed E-state index contributed by atoms with van der Waals surface area (Å²) in [7, 11) is 1.82. The number of nitrogens with one attached hydrogen (secondary N) is 1. The Morgan fingerprint density at radius 1 is 1.30 bits per heavy atom. The number of carbonyl (C=O) groups is 1. The molecule has 3 aromatic rings. The fourth-order valence-corrected chi connectivity index (χ4v) is 2.78. The van der Waals surface area contributed by atoms with E-state index >= 15 is 0 Å². The molecule has 0 aliphatic rings. The quantitative estimate of drug-likeness (QED) is 0.683. The van der Waals surface area contributed by atoms with E-state index < -0.39 is 0 Å². The molecule has 0 bridgehead atoms. The lowest BCUT2D eigenvalue weighted by molar-refractivity contribution is -0.115. The van der Waals surface area contributed by atoms with Crippen LogP contribution in [0.1, 0.15) is 23.9 Å². The van der Waals surface area contributed by atoms with Gasteiger partial charge in [-0.1, -0.05) is 12.7 Å². The predicted octanol–water partition coefficient (Wildman–Crippen LogP) is 3.11. The summed E-state index contributed by atoms with van der Waals surface area (Å²) in [5.41, 5.74) is 3.24. The fourth-order valence-electron chi connectivity index (χ4n) is 2.78. The molecule has 0 fully saturated rings. The third kappa shape index (κ3) is 3.87. The summed E-state index contributed by atoms with van der Waals surface area (Å²) in [6.07, 6.45) is 6.78. The second kappa shape index (κ2) is 7.82. The van der Waals surface area contributed by atoms with E-state index in [9.17, 15) is 9.18 Å². The molecule has 1 aromatic carbocycles. The molecule has 2 aromatic heterocycles. The van der Waals surface area contributed by atoms with Gasteiger partial charge in [0.1, 0.15) is 5.82 Å². The van der Waals surface area contributed by atoms with Gasteiger partial charge in [0, 0.05) is 24.4 Å². The first kappa shape index (κ1) is 18.3. The number of nitrogens with zero attached hydrogens (tertiary/aromatic N) is 4. The summed E-state index contributed by atoms with van der Waals surface area (Å²) in [6, 6.07) is 7.81. The van der Waals surface area contributed by atoms with Crippen LogP contribution in [0.5, 0.6) is 0 Å². The minimum Gasteiger partial charge on any atom is -0.346 e. The van der Waals surface area contributed by atoms with Crippen LogP contribution in [0.4, 0.5) is 4.39 Å². The van der Waals surface area contributed by atoms with Gasteiger partial charge in [-0.05, 0) is 43.3 Å². The molecule has 6 nitrogen and oxygen atoms in total. The van der Waals surface area contributed by atoms with Crippen LogP contribution in [0.2, 0.25) is 0 Å². The van der Waals surface area contributed by atoms with E-state index in [0.717, 1.165) is 5.69 Å². The molecule has 138 valence electrons. The minimum atomic E-state index is -0.325. The topological polar surface area (TPSA) is 64.7 Å². The highest BCUT2D eigenvalue weighted by atomic mass is 19.1. The second-order valence-electron chi connectivity index (χ2n) is 5.90. The van der Waals surface area contributed by atoms with Crippen LogP contribution in [-0.2, 0) is 18.4 Å². The van der Waals surface area contributed by atoms with Crippen LogP contribution >= 0.6 is 0 Å². The summed E-state index contributed by atoms with van der Waals surface area (Å²) in [5, 5.41) is 11.5. The van der Waals surface area contributed by atoms with Crippen molar-refractivity contribution in [3.63, 3.8) is 0 Å². The normalized spacial score (nSPS) is 11.4. The van der Waals surface area contributed by atoms with Crippen LogP contribution in [0.25, 0.3) is 17.3 Å². The first-order chi connectivity index (χ1) is 13.0. The molecular formula is C20H20FN5O. The Morgan fingerprint density at radius 3 is 2.63 bits per heavy atom. The summed E-state index contributed by atoms with van der Waals surface area (Å²) >= 11 is 0. The van der Waals surface area contributed by atoms with Crippen molar-refractivity contribution in [2.24, 2.45) is 7.05 Å². The van der Waals surface area contributed by atoms with E-state index in [1.807, 2.05) is 19.3 Å². The van der Waals surface area contributed by atoms with Gasteiger partial charge in [0.05, 0.1) is 29.8 Å². The predicted molar refractivity (Wildman–Crippen MR) is 102 cm³/mol. The Hall–Kier alpha value is -3.48. The molecule has 27 heavy (non-hydrogen) atoms. The molecule has 2 heterocycles. The molecule has 0 aliphatic heterocycles. The number of aromatic nitrogens is 4. The van der Waals surface area contributed by atoms with E-state index in [1.54, 1.807) is 46.8 Å². The van der Waals surface area contributed by atoms with Crippen molar-refractivity contribution in [3.8, 4) is 5.69 Å². The number of carbonyl (C=O) groups excluding carboxylic acids is 1. The Labute approximate surface area is 156 Å². The Bertz CT molecular complexity index is 998. The zero-order valence-electron chi connectivity index (χ0n) is 15.2. The minimum absolute atomic E-state index is 0.232. The lowest BCUT2D eigenvalue weighted by Gasteiger charge is -2.09. The number of hydrogen-bond donors (Lipinski definition) is 1. The second-order valence-corrected chi connectivity index (χ2v) is 5.90. The maximum Gasteiger partial charge on any atom is 0.252 e. The molecule has 0 aliphatic carbocycles. The van der Waals surface area contributed by atoms with Crippen molar-refractivity contribution >= 4 is 17.6 Å². The van der Waals surface area contributed by atoms with Crippen LogP contribution in [0, 0.1) is 5.82 Å². The van der Waals surface area contributed by atoms with Gasteiger partial charge in [-0.3, -0.25) is 9.48 Å². The van der Waals surface area contributed by atoms with E-state index in [2.05, 4.69) is 22.1 Å². The molecule has 0 unspecified atom stereocenters. The third-order valence-corrected chi connectivity index (χ3v) is 4.09. The van der Waals surface area contributed by atoms with E-state index in [0.29, 0.717) is 29.1 Å². The molecule has 0 saturated carbocycles. The first-order valence-corrected chi connectivity index (χ1v) is 8.43. The molecule has 1 amide bonds. The number of rotatable bonds is 6. The molecule has 0 atom stereocenters. The van der Waals surface area contributed by atoms with Crippen molar-refractivity contribution in [2.45, 2.75) is 13.5 Å². The highest BCUT2D eigenvalue weighted by molar-refractivity contribution is 6.20. The summed E-state index contributed by atoms with van der Waals surface area (Å²) < 4.78 is 16.5. The number of allylic oxidation sites excluding steroid dienone is 1. The fraction of sp³-hybridized carbons (Fsp3) is 0.150. The Morgan fingerprint density at radius 2 is 2.04 bits per heavy atom. The Kier molecular flexibility index (Phi) is 5.30. The lowest BCUT2D eigenvalue weighted by Crippen LogP contribution is -2.24. The number of hydrogen-bond acceptors (Lipinski definition) is 3. The standard InChI is InChI=1S/C20H20FN5O/c1-4-17(20(27)22-12-15-10-11-25(3)24-15)18-13-23-26(19(18)5-2)16-8-6-14(21)7-9-16/h4-11,13H,2,12H2,1,3H3,(H,22,27)/b17-4+. The van der Waals surface area contributed by atoms with E-state index in [4.69, 9.17) is 0 Å². The zero-order valence-corrected chi connectivity index (χ0v) is 15.2. The van der Waals surface area contributed by atoms with Gasteiger partial charge >= 0.3 is 0 Å². The van der Waals surface area contributed by atoms with Crippen molar-refractivity contribution in [1.82, 2.24) is 24.9 Å². The molecule has 0 spiro atoms. The summed E-state index contributed by atoms with van der Waals surface area (Å²) in [4.78, 5) is 12.7. The zero-order chi connectivity index (χ0) is 19.4. The van der Waals surface area contributed by atoms with Crippen molar-refractivity contribution in [1.29, 1.82) is 0 Å². The lowest BCUT2D eigenvalue weighted by atomic mass is 10.1.